The lowest BCUT2D eigenvalue weighted by Crippen LogP contribution is -2.44. The first kappa shape index (κ1) is 15.4. The molecule has 1 fully saturated rings. The molecular weight excluding hydrogens is 230 g/mol. The van der Waals surface area contributed by atoms with Crippen LogP contribution in [0.2, 0.25) is 0 Å². The van der Waals surface area contributed by atoms with Gasteiger partial charge < -0.3 is 15.2 Å². The lowest BCUT2D eigenvalue weighted by molar-refractivity contribution is -0.173. The third-order valence-corrected chi connectivity index (χ3v) is 3.65. The number of aliphatic hydroxyl groups excluding tert-OH is 1. The Kier molecular flexibility index (Phi) is 5.60. The smallest absolute Gasteiger partial charge is 0.335 e. The fraction of sp³-hybridized carbons (Fsp3) is 0.929. The minimum Gasteiger partial charge on any atom is -0.457 e. The third kappa shape index (κ3) is 4.58. The zero-order valence-electron chi connectivity index (χ0n) is 12.0. The molecule has 1 rings (SSSR count). The van der Waals surface area contributed by atoms with Gasteiger partial charge in [-0.1, -0.05) is 13.8 Å². The highest BCUT2D eigenvalue weighted by Crippen LogP contribution is 2.29. The molecule has 0 aromatic carbocycles. The van der Waals surface area contributed by atoms with Crippen LogP contribution in [0, 0.1) is 11.8 Å². The molecule has 1 saturated heterocycles. The van der Waals surface area contributed by atoms with Gasteiger partial charge in [0.25, 0.3) is 0 Å². The van der Waals surface area contributed by atoms with Crippen molar-refractivity contribution in [3.63, 3.8) is 0 Å². The van der Waals surface area contributed by atoms with Gasteiger partial charge in [-0.25, -0.2) is 4.79 Å². The molecule has 0 aromatic heterocycles. The molecule has 4 heteroatoms. The summed E-state index contributed by atoms with van der Waals surface area (Å²) in [5, 5.41) is 13.1. The van der Waals surface area contributed by atoms with Crippen molar-refractivity contribution in [3.8, 4) is 0 Å². The molecule has 1 aliphatic heterocycles. The summed E-state index contributed by atoms with van der Waals surface area (Å²) in [6.45, 7) is 9.80. The summed E-state index contributed by atoms with van der Waals surface area (Å²) in [5.74, 6) is 0.177. The molecule has 0 aliphatic carbocycles. The van der Waals surface area contributed by atoms with Crippen molar-refractivity contribution >= 4 is 5.97 Å². The molecule has 2 N–H and O–H groups in total. The number of aliphatic hydroxyl groups is 1. The normalized spacial score (nSPS) is 19.9. The van der Waals surface area contributed by atoms with Crippen LogP contribution in [0.15, 0.2) is 0 Å². The Morgan fingerprint density at radius 3 is 2.44 bits per heavy atom. The van der Waals surface area contributed by atoms with Gasteiger partial charge in [0, 0.05) is 5.92 Å². The first-order valence-corrected chi connectivity index (χ1v) is 6.94. The van der Waals surface area contributed by atoms with Gasteiger partial charge >= 0.3 is 5.97 Å². The fourth-order valence-corrected chi connectivity index (χ4v) is 2.47. The molecule has 0 bridgehead atoms. The predicted molar refractivity (Wildman–Crippen MR) is 71.2 cm³/mol. The second kappa shape index (κ2) is 6.53. The second-order valence-electron chi connectivity index (χ2n) is 6.19. The van der Waals surface area contributed by atoms with Crippen LogP contribution >= 0.6 is 0 Å². The fourth-order valence-electron chi connectivity index (χ4n) is 2.47. The van der Waals surface area contributed by atoms with Crippen molar-refractivity contribution in [3.05, 3.63) is 0 Å². The summed E-state index contributed by atoms with van der Waals surface area (Å²) in [5.41, 5.74) is -0.489. The van der Waals surface area contributed by atoms with Gasteiger partial charge in [-0.3, -0.25) is 0 Å². The lowest BCUT2D eigenvalue weighted by Gasteiger charge is -2.37. The van der Waals surface area contributed by atoms with E-state index in [0.29, 0.717) is 12.3 Å². The van der Waals surface area contributed by atoms with E-state index in [1.165, 1.54) is 0 Å². The number of nitrogens with one attached hydrogen (secondary N) is 1. The predicted octanol–water partition coefficient (Wildman–Crippen LogP) is 1.71. The van der Waals surface area contributed by atoms with Crippen LogP contribution in [-0.2, 0) is 9.53 Å². The molecule has 1 atom stereocenters. The monoisotopic (exact) mass is 257 g/mol. The van der Waals surface area contributed by atoms with Crippen molar-refractivity contribution < 1.29 is 14.6 Å². The van der Waals surface area contributed by atoms with E-state index in [0.717, 1.165) is 25.9 Å². The SMILES string of the molecule is CC(C)CC(O)C(=O)OC(C)(C)C1CCNCC1. The van der Waals surface area contributed by atoms with E-state index >= 15 is 0 Å². The Morgan fingerprint density at radius 1 is 1.39 bits per heavy atom. The Morgan fingerprint density at radius 2 is 1.94 bits per heavy atom. The van der Waals surface area contributed by atoms with E-state index in [4.69, 9.17) is 4.74 Å². The van der Waals surface area contributed by atoms with Crippen molar-refractivity contribution in [2.45, 2.75) is 58.7 Å². The van der Waals surface area contributed by atoms with Crippen LogP contribution < -0.4 is 5.32 Å². The highest BCUT2D eigenvalue weighted by Gasteiger charge is 2.35. The van der Waals surface area contributed by atoms with Gasteiger partial charge in [0.2, 0.25) is 0 Å². The van der Waals surface area contributed by atoms with Crippen LogP contribution in [-0.4, -0.2) is 35.9 Å². The summed E-state index contributed by atoms with van der Waals surface area (Å²) in [7, 11) is 0. The van der Waals surface area contributed by atoms with E-state index in [9.17, 15) is 9.90 Å². The summed E-state index contributed by atoms with van der Waals surface area (Å²) in [6.07, 6.45) is 1.49. The number of ether oxygens (including phenoxy) is 1. The number of hydrogen-bond donors (Lipinski definition) is 2. The minimum atomic E-state index is -0.994. The van der Waals surface area contributed by atoms with Crippen LogP contribution in [0.5, 0.6) is 0 Å². The second-order valence-corrected chi connectivity index (χ2v) is 6.19. The maximum absolute atomic E-state index is 11.8. The number of carbonyl (C=O) groups excluding carboxylic acids is 1. The van der Waals surface area contributed by atoms with Gasteiger partial charge in [-0.2, -0.15) is 0 Å². The van der Waals surface area contributed by atoms with E-state index < -0.39 is 17.7 Å². The van der Waals surface area contributed by atoms with Crippen LogP contribution in [0.1, 0.15) is 47.0 Å². The van der Waals surface area contributed by atoms with Gasteiger partial charge in [0.05, 0.1) is 0 Å². The van der Waals surface area contributed by atoms with Crippen molar-refractivity contribution in [2.24, 2.45) is 11.8 Å². The summed E-state index contributed by atoms with van der Waals surface area (Å²) in [6, 6.07) is 0. The Balaban J connectivity index is 2.50. The molecule has 1 heterocycles. The van der Waals surface area contributed by atoms with Crippen molar-refractivity contribution in [1.29, 1.82) is 0 Å². The number of rotatable bonds is 5. The lowest BCUT2D eigenvalue weighted by atomic mass is 9.83. The quantitative estimate of drug-likeness (QED) is 0.736. The largest absolute Gasteiger partial charge is 0.457 e. The van der Waals surface area contributed by atoms with E-state index in [1.54, 1.807) is 0 Å². The average Bonchev–Trinajstić information content (AvgIpc) is 2.28. The molecule has 0 spiro atoms. The first-order chi connectivity index (χ1) is 8.33. The Hall–Kier alpha value is -0.610. The molecule has 1 aliphatic rings. The topological polar surface area (TPSA) is 58.6 Å². The number of esters is 1. The average molecular weight is 257 g/mol. The molecule has 0 aromatic rings. The molecule has 0 radical (unpaired) electrons. The molecule has 1 unspecified atom stereocenters. The molecule has 0 amide bonds. The maximum atomic E-state index is 11.8. The number of carbonyl (C=O) groups is 1. The van der Waals surface area contributed by atoms with Crippen LogP contribution in [0.3, 0.4) is 0 Å². The zero-order valence-corrected chi connectivity index (χ0v) is 12.0. The number of piperidine rings is 1. The zero-order chi connectivity index (χ0) is 13.8. The summed E-state index contributed by atoms with van der Waals surface area (Å²) >= 11 is 0. The maximum Gasteiger partial charge on any atom is 0.335 e. The molecular formula is C14H27NO3. The third-order valence-electron chi connectivity index (χ3n) is 3.65. The minimum absolute atomic E-state index is 0.287. The van der Waals surface area contributed by atoms with Crippen molar-refractivity contribution in [1.82, 2.24) is 5.32 Å². The van der Waals surface area contributed by atoms with Gasteiger partial charge in [-0.05, 0) is 52.1 Å². The summed E-state index contributed by atoms with van der Waals surface area (Å²) in [4.78, 5) is 11.8. The highest BCUT2D eigenvalue weighted by atomic mass is 16.6. The van der Waals surface area contributed by atoms with Crippen LogP contribution in [0.4, 0.5) is 0 Å². The Bertz CT molecular complexity index is 270. The Labute approximate surface area is 110 Å². The van der Waals surface area contributed by atoms with Crippen molar-refractivity contribution in [2.75, 3.05) is 13.1 Å². The first-order valence-electron chi connectivity index (χ1n) is 6.94. The molecule has 106 valence electrons. The van der Waals surface area contributed by atoms with Crippen LogP contribution in [0.25, 0.3) is 0 Å². The van der Waals surface area contributed by atoms with E-state index in [-0.39, 0.29) is 5.92 Å². The van der Waals surface area contributed by atoms with Gasteiger partial charge in [0.15, 0.2) is 6.10 Å². The molecule has 4 nitrogen and oxygen atoms in total. The highest BCUT2D eigenvalue weighted by molar-refractivity contribution is 5.74. The standard InChI is InChI=1S/C14H27NO3/c1-10(2)9-12(16)13(17)18-14(3,4)11-5-7-15-8-6-11/h10-12,15-16H,5-9H2,1-4H3. The van der Waals surface area contributed by atoms with Gasteiger partial charge in [0.1, 0.15) is 5.60 Å². The molecule has 0 saturated carbocycles. The van der Waals surface area contributed by atoms with E-state index in [2.05, 4.69) is 5.32 Å². The molecule has 18 heavy (non-hydrogen) atoms. The summed E-state index contributed by atoms with van der Waals surface area (Å²) < 4.78 is 5.52. The van der Waals surface area contributed by atoms with Gasteiger partial charge in [-0.15, -0.1) is 0 Å². The van der Waals surface area contributed by atoms with E-state index in [1.807, 2.05) is 27.7 Å². The number of hydrogen-bond acceptors (Lipinski definition) is 4.